The van der Waals surface area contributed by atoms with Gasteiger partial charge in [-0.05, 0) is 53.4 Å². The maximum Gasteiger partial charge on any atom is 0.416 e. The molecule has 186 valence electrons. The number of carbonyl (C=O) groups excluding carboxylic acids is 1. The number of carbonyl (C=O) groups is 1. The van der Waals surface area contributed by atoms with Crippen molar-refractivity contribution >= 4 is 16.8 Å². The first-order valence-electron chi connectivity index (χ1n) is 11.6. The van der Waals surface area contributed by atoms with E-state index in [0.717, 1.165) is 39.9 Å². The summed E-state index contributed by atoms with van der Waals surface area (Å²) >= 11 is 0. The van der Waals surface area contributed by atoms with Gasteiger partial charge in [-0.2, -0.15) is 13.2 Å². The Morgan fingerprint density at radius 1 is 1.06 bits per heavy atom. The summed E-state index contributed by atoms with van der Waals surface area (Å²) < 4.78 is 50.7. The predicted octanol–water partition coefficient (Wildman–Crippen LogP) is 5.89. The second-order valence-corrected chi connectivity index (χ2v) is 8.77. The van der Waals surface area contributed by atoms with Crippen molar-refractivity contribution in [3.63, 3.8) is 0 Å². The van der Waals surface area contributed by atoms with Crippen LogP contribution in [0.1, 0.15) is 34.0 Å². The molecule has 0 spiro atoms. The lowest BCUT2D eigenvalue weighted by Gasteiger charge is -2.36. The van der Waals surface area contributed by atoms with E-state index < -0.39 is 17.8 Å². The number of benzene rings is 3. The molecular formula is C28H25F3N2O3. The van der Waals surface area contributed by atoms with Gasteiger partial charge in [0.25, 0.3) is 0 Å². The number of nitrogens with one attached hydrogen (secondary N) is 1. The largest absolute Gasteiger partial charge is 0.497 e. The number of nitrogens with zero attached hydrogens (tertiary/aromatic N) is 1. The molecule has 1 aliphatic heterocycles. The van der Waals surface area contributed by atoms with Crippen molar-refractivity contribution in [3.05, 3.63) is 101 Å². The van der Waals surface area contributed by atoms with Crippen LogP contribution in [0.15, 0.2) is 72.8 Å². The monoisotopic (exact) mass is 494 g/mol. The van der Waals surface area contributed by atoms with Crippen molar-refractivity contribution < 1.29 is 27.4 Å². The molecule has 0 saturated carbocycles. The Balaban J connectivity index is 1.48. The minimum Gasteiger partial charge on any atom is -0.497 e. The number of aromatic nitrogens is 1. The number of rotatable bonds is 6. The molecule has 0 bridgehead atoms. The Bertz CT molecular complexity index is 1360. The van der Waals surface area contributed by atoms with Gasteiger partial charge >= 0.3 is 6.18 Å². The molecule has 0 saturated heterocycles. The van der Waals surface area contributed by atoms with E-state index in [4.69, 9.17) is 9.47 Å². The van der Waals surface area contributed by atoms with Gasteiger partial charge in [-0.3, -0.25) is 4.79 Å². The maximum atomic E-state index is 13.3. The summed E-state index contributed by atoms with van der Waals surface area (Å²) in [6, 6.07) is 19.7. The molecule has 0 fully saturated rings. The second-order valence-electron chi connectivity index (χ2n) is 8.77. The van der Waals surface area contributed by atoms with E-state index in [2.05, 4.69) is 4.98 Å². The second kappa shape index (κ2) is 9.70. The summed E-state index contributed by atoms with van der Waals surface area (Å²) in [5.74, 6) is 0.487. The van der Waals surface area contributed by atoms with Crippen LogP contribution in [-0.4, -0.2) is 36.1 Å². The highest BCUT2D eigenvalue weighted by Crippen LogP contribution is 2.40. The van der Waals surface area contributed by atoms with Crippen LogP contribution in [0.25, 0.3) is 10.9 Å². The number of alkyl halides is 3. The fourth-order valence-electron chi connectivity index (χ4n) is 4.78. The third-order valence-electron chi connectivity index (χ3n) is 6.55. The third kappa shape index (κ3) is 4.68. The van der Waals surface area contributed by atoms with Crippen molar-refractivity contribution in [3.8, 4) is 5.75 Å². The van der Waals surface area contributed by atoms with Crippen LogP contribution in [0.4, 0.5) is 13.2 Å². The summed E-state index contributed by atoms with van der Waals surface area (Å²) in [5.41, 5.74) is 3.53. The first kappa shape index (κ1) is 23.9. The summed E-state index contributed by atoms with van der Waals surface area (Å²) in [6.07, 6.45) is -3.83. The Hall–Kier alpha value is -3.78. The molecule has 8 heteroatoms. The number of ether oxygens (including phenoxy) is 2. The van der Waals surface area contributed by atoms with E-state index in [1.54, 1.807) is 12.0 Å². The smallest absolute Gasteiger partial charge is 0.416 e. The number of hydrogen-bond acceptors (Lipinski definition) is 3. The van der Waals surface area contributed by atoms with Crippen molar-refractivity contribution in [2.24, 2.45) is 0 Å². The van der Waals surface area contributed by atoms with Crippen LogP contribution in [0.5, 0.6) is 5.75 Å². The molecule has 1 N–H and O–H groups in total. The molecule has 2 heterocycles. The van der Waals surface area contributed by atoms with Crippen LogP contribution in [-0.2, 0) is 28.7 Å². The summed E-state index contributed by atoms with van der Waals surface area (Å²) in [5, 5.41) is 0.980. The number of amides is 1. The Morgan fingerprint density at radius 3 is 2.50 bits per heavy atom. The summed E-state index contributed by atoms with van der Waals surface area (Å²) in [4.78, 5) is 18.4. The lowest BCUT2D eigenvalue weighted by atomic mass is 9.91. The zero-order chi connectivity index (χ0) is 25.3. The molecule has 1 atom stereocenters. The van der Waals surface area contributed by atoms with Crippen LogP contribution in [0, 0.1) is 0 Å². The first-order valence-corrected chi connectivity index (χ1v) is 11.6. The molecule has 0 unspecified atom stereocenters. The fourth-order valence-corrected chi connectivity index (χ4v) is 4.78. The molecule has 4 aromatic rings. The topological polar surface area (TPSA) is 54.6 Å². The van der Waals surface area contributed by atoms with Gasteiger partial charge in [0.2, 0.25) is 5.91 Å². The Morgan fingerprint density at radius 2 is 1.81 bits per heavy atom. The highest BCUT2D eigenvalue weighted by Gasteiger charge is 2.36. The minimum atomic E-state index is -4.44. The molecular weight excluding hydrogens is 469 g/mol. The number of halogens is 3. The van der Waals surface area contributed by atoms with Gasteiger partial charge in [0.1, 0.15) is 12.4 Å². The van der Waals surface area contributed by atoms with Gasteiger partial charge in [-0.1, -0.05) is 42.5 Å². The highest BCUT2D eigenvalue weighted by molar-refractivity contribution is 5.88. The molecule has 5 nitrogen and oxygen atoms in total. The van der Waals surface area contributed by atoms with Gasteiger partial charge < -0.3 is 19.4 Å². The molecule has 0 aliphatic carbocycles. The number of H-pyrrole nitrogens is 1. The maximum absolute atomic E-state index is 13.3. The predicted molar refractivity (Wildman–Crippen MR) is 130 cm³/mol. The van der Waals surface area contributed by atoms with Gasteiger partial charge in [0.15, 0.2) is 0 Å². The average Bonchev–Trinajstić information content (AvgIpc) is 3.26. The van der Waals surface area contributed by atoms with Crippen LogP contribution >= 0.6 is 0 Å². The van der Waals surface area contributed by atoms with E-state index in [1.165, 1.54) is 12.1 Å². The molecule has 1 aliphatic rings. The van der Waals surface area contributed by atoms with Gasteiger partial charge in [0.05, 0.1) is 25.3 Å². The van der Waals surface area contributed by atoms with E-state index in [0.29, 0.717) is 30.9 Å². The quantitative estimate of drug-likeness (QED) is 0.364. The zero-order valence-corrected chi connectivity index (χ0v) is 19.6. The number of aromatic amines is 1. The molecule has 1 amide bonds. The Labute approximate surface area is 206 Å². The standard InChI is InChI=1S/C28H25F3N2O3/c1-35-21-11-12-24-23(15-21)22-13-14-33(25(34)17-36-16-18-5-3-2-4-6-18)27(26(22)32-24)19-7-9-20(10-8-19)28(29,30)31/h2-12,15,27,32H,13-14,16-17H2,1H3/t27-/m0/s1. The third-order valence-corrected chi connectivity index (χ3v) is 6.55. The van der Waals surface area contributed by atoms with Crippen LogP contribution < -0.4 is 4.74 Å². The molecule has 0 radical (unpaired) electrons. The van der Waals surface area contributed by atoms with Crippen LogP contribution in [0.3, 0.4) is 0 Å². The van der Waals surface area contributed by atoms with E-state index in [9.17, 15) is 18.0 Å². The van der Waals surface area contributed by atoms with Crippen molar-refractivity contribution in [1.82, 2.24) is 9.88 Å². The summed E-state index contributed by atoms with van der Waals surface area (Å²) in [6.45, 7) is 0.578. The fraction of sp³-hybridized carbons (Fsp3) is 0.250. The highest BCUT2D eigenvalue weighted by atomic mass is 19.4. The Kier molecular flexibility index (Phi) is 6.45. The molecule has 5 rings (SSSR count). The van der Waals surface area contributed by atoms with Crippen molar-refractivity contribution in [2.75, 3.05) is 20.3 Å². The van der Waals surface area contributed by atoms with E-state index >= 15 is 0 Å². The lowest BCUT2D eigenvalue weighted by molar-refractivity contribution is -0.139. The van der Waals surface area contributed by atoms with E-state index in [-0.39, 0.29) is 12.5 Å². The van der Waals surface area contributed by atoms with Gasteiger partial charge in [0, 0.05) is 23.1 Å². The summed E-state index contributed by atoms with van der Waals surface area (Å²) in [7, 11) is 1.60. The minimum absolute atomic E-state index is 0.130. The van der Waals surface area contributed by atoms with Crippen molar-refractivity contribution in [1.29, 1.82) is 0 Å². The van der Waals surface area contributed by atoms with Crippen LogP contribution in [0.2, 0.25) is 0 Å². The molecule has 36 heavy (non-hydrogen) atoms. The average molecular weight is 495 g/mol. The van der Waals surface area contributed by atoms with Crippen molar-refractivity contribution in [2.45, 2.75) is 25.2 Å². The number of methoxy groups -OCH3 is 1. The van der Waals surface area contributed by atoms with Gasteiger partial charge in [-0.25, -0.2) is 0 Å². The lowest BCUT2D eigenvalue weighted by Crippen LogP contribution is -2.42. The SMILES string of the molecule is COc1ccc2[nH]c3c(c2c1)CCN(C(=O)COCc1ccccc1)[C@H]3c1ccc(C(F)(F)F)cc1. The van der Waals surface area contributed by atoms with E-state index in [1.807, 2.05) is 48.5 Å². The molecule has 1 aromatic heterocycles. The number of fused-ring (bicyclic) bond motifs is 3. The number of hydrogen-bond donors (Lipinski definition) is 1. The zero-order valence-electron chi connectivity index (χ0n) is 19.6. The molecule has 3 aromatic carbocycles. The normalized spacial score (nSPS) is 15.7. The first-order chi connectivity index (χ1) is 17.3. The van der Waals surface area contributed by atoms with Gasteiger partial charge in [-0.15, -0.1) is 0 Å².